The molecular formula is C13H12BrClN2O. The third-order valence-electron chi connectivity index (χ3n) is 2.41. The first-order valence-corrected chi connectivity index (χ1v) is 5.63. The van der Waals surface area contributed by atoms with E-state index in [-0.39, 0.29) is 29.3 Å². The van der Waals surface area contributed by atoms with Gasteiger partial charge in [0.15, 0.2) is 12.2 Å². The Morgan fingerprint density at radius 1 is 1.28 bits per heavy atom. The Hall–Kier alpha value is -1.26. The molecule has 18 heavy (non-hydrogen) atoms. The van der Waals surface area contributed by atoms with Crippen molar-refractivity contribution < 1.29 is 26.3 Å². The van der Waals surface area contributed by atoms with Gasteiger partial charge in [0.1, 0.15) is 0 Å². The van der Waals surface area contributed by atoms with Crippen molar-refractivity contribution >= 4 is 17.4 Å². The smallest absolute Gasteiger partial charge is 0.286 e. The van der Waals surface area contributed by atoms with Crippen molar-refractivity contribution in [3.8, 4) is 0 Å². The summed E-state index contributed by atoms with van der Waals surface area (Å²) in [4.78, 5) is 16.0. The topological polar surface area (TPSA) is 33.8 Å². The fraction of sp³-hybridized carbons (Fsp3) is 0.154. The summed E-state index contributed by atoms with van der Waals surface area (Å²) in [6.07, 6.45) is 3.50. The maximum absolute atomic E-state index is 11.9. The molecule has 0 atom stereocenters. The molecule has 0 bridgehead atoms. The van der Waals surface area contributed by atoms with Crippen molar-refractivity contribution in [2.24, 2.45) is 0 Å². The van der Waals surface area contributed by atoms with Crippen molar-refractivity contribution in [2.45, 2.75) is 13.5 Å². The van der Waals surface area contributed by atoms with Gasteiger partial charge in [-0.05, 0) is 24.3 Å². The van der Waals surface area contributed by atoms with E-state index in [1.54, 1.807) is 35.2 Å². The van der Waals surface area contributed by atoms with Gasteiger partial charge >= 0.3 is 0 Å². The second-order valence-electron chi connectivity index (χ2n) is 3.80. The van der Waals surface area contributed by atoms with Gasteiger partial charge < -0.3 is 17.0 Å². The van der Waals surface area contributed by atoms with Crippen LogP contribution >= 0.6 is 11.6 Å². The summed E-state index contributed by atoms with van der Waals surface area (Å²) >= 11 is 5.77. The van der Waals surface area contributed by atoms with Gasteiger partial charge in [-0.25, -0.2) is 4.57 Å². The molecule has 0 saturated carbocycles. The molecule has 0 aliphatic rings. The number of benzene rings is 1. The molecule has 1 heterocycles. The number of rotatable bonds is 3. The van der Waals surface area contributed by atoms with Crippen LogP contribution in [0.15, 0.2) is 42.9 Å². The largest absolute Gasteiger partial charge is 1.00 e. The second kappa shape index (κ2) is 6.61. The predicted molar refractivity (Wildman–Crippen MR) is 65.0 cm³/mol. The molecule has 1 aromatic carbocycles. The maximum Gasteiger partial charge on any atom is 0.286 e. The monoisotopic (exact) mass is 326 g/mol. The standard InChI is InChI=1S/C13H12ClN2O.BrH/c1-10-6-7-16(9-15-10)8-13(17)11-2-4-12(14)5-3-11;/h2-7,9H,8H2,1H3;1H/q+1;/p-1. The number of aryl methyl sites for hydroxylation is 1. The van der Waals surface area contributed by atoms with Gasteiger partial charge in [0.25, 0.3) is 6.33 Å². The minimum Gasteiger partial charge on any atom is -1.00 e. The zero-order valence-corrected chi connectivity index (χ0v) is 12.1. The number of aromatic nitrogens is 2. The van der Waals surface area contributed by atoms with E-state index in [0.717, 1.165) is 5.69 Å². The van der Waals surface area contributed by atoms with Crippen LogP contribution in [0.3, 0.4) is 0 Å². The SMILES string of the molecule is Cc1cc[n+](CC(=O)c2ccc(Cl)cc2)cn1.[Br-]. The lowest BCUT2D eigenvalue weighted by molar-refractivity contribution is -0.686. The van der Waals surface area contributed by atoms with E-state index in [1.165, 1.54) is 0 Å². The van der Waals surface area contributed by atoms with Crippen molar-refractivity contribution in [2.75, 3.05) is 0 Å². The molecule has 2 rings (SSSR count). The highest BCUT2D eigenvalue weighted by Crippen LogP contribution is 2.09. The number of carbonyl (C=O) groups excluding carboxylic acids is 1. The van der Waals surface area contributed by atoms with Crippen LogP contribution in [0.4, 0.5) is 0 Å². The summed E-state index contributed by atoms with van der Waals surface area (Å²) in [5.41, 5.74) is 1.59. The highest BCUT2D eigenvalue weighted by atomic mass is 79.9. The number of Topliss-reactive ketones (excluding diaryl/α,β-unsaturated/α-hetero) is 1. The van der Waals surface area contributed by atoms with Gasteiger partial charge in [-0.15, -0.1) is 0 Å². The minimum absolute atomic E-state index is 0. The van der Waals surface area contributed by atoms with E-state index < -0.39 is 0 Å². The van der Waals surface area contributed by atoms with Gasteiger partial charge in [-0.2, -0.15) is 0 Å². The predicted octanol–water partition coefficient (Wildman–Crippen LogP) is -0.782. The van der Waals surface area contributed by atoms with Gasteiger partial charge in [-0.3, -0.25) is 4.79 Å². The summed E-state index contributed by atoms with van der Waals surface area (Å²) in [6, 6.07) is 8.76. The molecule has 0 fully saturated rings. The summed E-state index contributed by atoms with van der Waals surface area (Å²) in [7, 11) is 0. The van der Waals surface area contributed by atoms with E-state index in [0.29, 0.717) is 10.6 Å². The van der Waals surface area contributed by atoms with E-state index in [4.69, 9.17) is 11.6 Å². The lowest BCUT2D eigenvalue weighted by atomic mass is 10.1. The molecule has 0 saturated heterocycles. The molecule has 0 radical (unpaired) electrons. The fourth-order valence-corrected chi connectivity index (χ4v) is 1.56. The summed E-state index contributed by atoms with van der Waals surface area (Å²) < 4.78 is 1.75. The van der Waals surface area contributed by atoms with Gasteiger partial charge in [0.05, 0.1) is 6.20 Å². The third-order valence-corrected chi connectivity index (χ3v) is 2.66. The zero-order chi connectivity index (χ0) is 12.3. The number of carbonyl (C=O) groups is 1. The van der Waals surface area contributed by atoms with Crippen LogP contribution in [0.2, 0.25) is 5.02 Å². The Balaban J connectivity index is 0.00000162. The number of halogens is 2. The van der Waals surface area contributed by atoms with Gasteiger partial charge in [0.2, 0.25) is 5.78 Å². The number of ketones is 1. The average Bonchev–Trinajstić information content (AvgIpc) is 2.33. The molecule has 94 valence electrons. The summed E-state index contributed by atoms with van der Waals surface area (Å²) in [5.74, 6) is 0.0392. The number of hydrogen-bond donors (Lipinski definition) is 0. The molecule has 0 amide bonds. The van der Waals surface area contributed by atoms with Gasteiger partial charge in [0, 0.05) is 23.6 Å². The van der Waals surface area contributed by atoms with E-state index >= 15 is 0 Å². The fourth-order valence-electron chi connectivity index (χ4n) is 1.44. The highest BCUT2D eigenvalue weighted by Gasteiger charge is 2.09. The number of nitrogens with zero attached hydrogens (tertiary/aromatic N) is 2. The van der Waals surface area contributed by atoms with E-state index in [9.17, 15) is 4.79 Å². The lowest BCUT2D eigenvalue weighted by Gasteiger charge is -2.00. The molecule has 5 heteroatoms. The molecule has 0 unspecified atom stereocenters. The Kier molecular flexibility index (Phi) is 5.44. The molecule has 0 aliphatic heterocycles. The lowest BCUT2D eigenvalue weighted by Crippen LogP contribution is -3.00. The first-order valence-electron chi connectivity index (χ1n) is 5.25. The zero-order valence-electron chi connectivity index (χ0n) is 9.81. The van der Waals surface area contributed by atoms with Crippen LogP contribution in [0.5, 0.6) is 0 Å². The quantitative estimate of drug-likeness (QED) is 0.547. The van der Waals surface area contributed by atoms with Crippen LogP contribution in [0.25, 0.3) is 0 Å². The Bertz CT molecular complexity index is 526. The first kappa shape index (κ1) is 14.8. The van der Waals surface area contributed by atoms with E-state index in [1.807, 2.05) is 19.2 Å². The average molecular weight is 328 g/mol. The van der Waals surface area contributed by atoms with Crippen LogP contribution in [0.1, 0.15) is 16.1 Å². The maximum atomic E-state index is 11.9. The Morgan fingerprint density at radius 3 is 2.50 bits per heavy atom. The van der Waals surface area contributed by atoms with E-state index in [2.05, 4.69) is 4.98 Å². The Morgan fingerprint density at radius 2 is 1.94 bits per heavy atom. The van der Waals surface area contributed by atoms with Crippen LogP contribution in [0, 0.1) is 6.92 Å². The van der Waals surface area contributed by atoms with Crippen LogP contribution < -0.4 is 21.5 Å². The molecule has 2 aromatic rings. The van der Waals surface area contributed by atoms with Crippen molar-refractivity contribution in [1.29, 1.82) is 0 Å². The Labute approximate surface area is 121 Å². The highest BCUT2D eigenvalue weighted by molar-refractivity contribution is 6.30. The molecule has 0 aliphatic carbocycles. The molecule has 3 nitrogen and oxygen atoms in total. The van der Waals surface area contributed by atoms with Crippen molar-refractivity contribution in [3.63, 3.8) is 0 Å². The summed E-state index contributed by atoms with van der Waals surface area (Å²) in [6.45, 7) is 2.19. The minimum atomic E-state index is 0. The molecule has 1 aromatic heterocycles. The normalized spacial score (nSPS) is 9.67. The van der Waals surface area contributed by atoms with Gasteiger partial charge in [-0.1, -0.05) is 16.6 Å². The molecule has 0 spiro atoms. The van der Waals surface area contributed by atoms with Crippen molar-refractivity contribution in [3.05, 3.63) is 59.1 Å². The summed E-state index contributed by atoms with van der Waals surface area (Å²) in [5, 5.41) is 0.631. The molecule has 0 N–H and O–H groups in total. The van der Waals surface area contributed by atoms with Crippen molar-refractivity contribution in [1.82, 2.24) is 4.98 Å². The first-order chi connectivity index (χ1) is 8.15. The van der Waals surface area contributed by atoms with Crippen LogP contribution in [-0.2, 0) is 6.54 Å². The number of hydrogen-bond acceptors (Lipinski definition) is 2. The molecular weight excluding hydrogens is 316 g/mol. The second-order valence-corrected chi connectivity index (χ2v) is 4.24. The van der Waals surface area contributed by atoms with Crippen LogP contribution in [-0.4, -0.2) is 10.8 Å². The third kappa shape index (κ3) is 3.89.